The van der Waals surface area contributed by atoms with Gasteiger partial charge in [0.25, 0.3) is 0 Å². The molecule has 102 valence electrons. The summed E-state index contributed by atoms with van der Waals surface area (Å²) in [5, 5.41) is 13.0. The van der Waals surface area contributed by atoms with Gasteiger partial charge in [-0.1, -0.05) is 13.8 Å². The van der Waals surface area contributed by atoms with Gasteiger partial charge in [-0.15, -0.1) is 0 Å². The standard InChI is InChI=1S/C15H27N3/c1-3-15(12-16,17-13-6-7-13)10-5-11-18(4-2)14-8-9-14/h13-14,17H,3-11H2,1-2H3. The van der Waals surface area contributed by atoms with Crippen molar-refractivity contribution in [2.45, 2.75) is 76.4 Å². The van der Waals surface area contributed by atoms with Crippen molar-refractivity contribution in [2.24, 2.45) is 0 Å². The van der Waals surface area contributed by atoms with Gasteiger partial charge in [-0.2, -0.15) is 5.26 Å². The maximum absolute atomic E-state index is 9.47. The van der Waals surface area contributed by atoms with Crippen LogP contribution in [0.2, 0.25) is 0 Å². The summed E-state index contributed by atoms with van der Waals surface area (Å²) in [6.45, 7) is 6.71. The van der Waals surface area contributed by atoms with Gasteiger partial charge in [0.15, 0.2) is 0 Å². The van der Waals surface area contributed by atoms with Gasteiger partial charge in [0.05, 0.1) is 6.07 Å². The Balaban J connectivity index is 1.75. The molecule has 0 aromatic carbocycles. The average molecular weight is 249 g/mol. The molecule has 0 aliphatic heterocycles. The van der Waals surface area contributed by atoms with Crippen molar-refractivity contribution in [1.29, 1.82) is 5.26 Å². The maximum Gasteiger partial charge on any atom is 0.106 e. The SMILES string of the molecule is CCN(CCCC(C#N)(CC)NC1CC1)C1CC1. The molecule has 1 atom stereocenters. The lowest BCUT2D eigenvalue weighted by Crippen LogP contribution is -2.45. The van der Waals surface area contributed by atoms with Gasteiger partial charge >= 0.3 is 0 Å². The van der Waals surface area contributed by atoms with Crippen molar-refractivity contribution in [3.05, 3.63) is 0 Å². The van der Waals surface area contributed by atoms with Gasteiger partial charge in [0.1, 0.15) is 5.54 Å². The molecule has 0 spiro atoms. The zero-order valence-corrected chi connectivity index (χ0v) is 11.9. The lowest BCUT2D eigenvalue weighted by atomic mass is 9.91. The summed E-state index contributed by atoms with van der Waals surface area (Å²) in [6, 6.07) is 4.02. The molecule has 2 aliphatic carbocycles. The van der Waals surface area contributed by atoms with Crippen LogP contribution >= 0.6 is 0 Å². The minimum Gasteiger partial charge on any atom is -0.301 e. The first-order valence-corrected chi connectivity index (χ1v) is 7.66. The fourth-order valence-corrected chi connectivity index (χ4v) is 2.76. The molecule has 2 rings (SSSR count). The van der Waals surface area contributed by atoms with Crippen LogP contribution in [0.3, 0.4) is 0 Å². The number of hydrogen-bond acceptors (Lipinski definition) is 3. The van der Waals surface area contributed by atoms with E-state index in [4.69, 9.17) is 0 Å². The first-order valence-electron chi connectivity index (χ1n) is 7.66. The third-order valence-electron chi connectivity index (χ3n) is 4.39. The van der Waals surface area contributed by atoms with Crippen molar-refractivity contribution >= 4 is 0 Å². The second kappa shape index (κ2) is 6.04. The summed E-state index contributed by atoms with van der Waals surface area (Å²) in [5.41, 5.74) is -0.260. The molecule has 18 heavy (non-hydrogen) atoms. The van der Waals surface area contributed by atoms with Crippen LogP contribution in [-0.4, -0.2) is 35.6 Å². The average Bonchev–Trinajstić information content (AvgIpc) is 3.27. The largest absolute Gasteiger partial charge is 0.301 e. The molecule has 2 saturated carbocycles. The predicted molar refractivity (Wildman–Crippen MR) is 74.3 cm³/mol. The molecule has 0 saturated heterocycles. The van der Waals surface area contributed by atoms with E-state index in [9.17, 15) is 5.26 Å². The number of rotatable bonds is 9. The van der Waals surface area contributed by atoms with Crippen molar-refractivity contribution in [1.82, 2.24) is 10.2 Å². The van der Waals surface area contributed by atoms with E-state index in [-0.39, 0.29) is 5.54 Å². The topological polar surface area (TPSA) is 39.1 Å². The van der Waals surface area contributed by atoms with Gasteiger partial charge < -0.3 is 4.90 Å². The highest BCUT2D eigenvalue weighted by atomic mass is 15.2. The molecular formula is C15H27N3. The van der Waals surface area contributed by atoms with Crippen LogP contribution in [0.4, 0.5) is 0 Å². The summed E-state index contributed by atoms with van der Waals surface area (Å²) >= 11 is 0. The Hall–Kier alpha value is -0.590. The summed E-state index contributed by atoms with van der Waals surface area (Å²) in [4.78, 5) is 2.58. The molecule has 2 fully saturated rings. The second-order valence-corrected chi connectivity index (χ2v) is 5.93. The number of nitrogens with one attached hydrogen (secondary N) is 1. The molecule has 0 bridgehead atoms. The molecule has 0 heterocycles. The monoisotopic (exact) mass is 249 g/mol. The molecule has 1 N–H and O–H groups in total. The smallest absolute Gasteiger partial charge is 0.106 e. The van der Waals surface area contributed by atoms with E-state index in [0.29, 0.717) is 6.04 Å². The van der Waals surface area contributed by atoms with E-state index in [2.05, 4.69) is 30.1 Å². The molecule has 0 aromatic rings. The molecule has 1 unspecified atom stereocenters. The third-order valence-corrected chi connectivity index (χ3v) is 4.39. The quantitative estimate of drug-likeness (QED) is 0.683. The minimum absolute atomic E-state index is 0.260. The Morgan fingerprint density at radius 3 is 2.44 bits per heavy atom. The first kappa shape index (κ1) is 13.8. The highest BCUT2D eigenvalue weighted by molar-refractivity contribution is 5.09. The summed E-state index contributed by atoms with van der Waals surface area (Å²) in [7, 11) is 0. The minimum atomic E-state index is -0.260. The second-order valence-electron chi connectivity index (χ2n) is 5.93. The van der Waals surface area contributed by atoms with Crippen LogP contribution in [0.15, 0.2) is 0 Å². The van der Waals surface area contributed by atoms with Crippen LogP contribution in [0.1, 0.15) is 58.8 Å². The van der Waals surface area contributed by atoms with E-state index in [1.165, 1.54) is 25.7 Å². The summed E-state index contributed by atoms with van der Waals surface area (Å²) in [6.07, 6.45) is 8.34. The van der Waals surface area contributed by atoms with E-state index in [1.807, 2.05) is 0 Å². The van der Waals surface area contributed by atoms with E-state index in [0.717, 1.165) is 38.4 Å². The molecule has 0 amide bonds. The Bertz CT molecular complexity index is 301. The Kier molecular flexibility index (Phi) is 4.64. The molecule has 3 heteroatoms. The van der Waals surface area contributed by atoms with Crippen molar-refractivity contribution in [3.8, 4) is 6.07 Å². The van der Waals surface area contributed by atoms with E-state index >= 15 is 0 Å². The molecule has 0 aromatic heterocycles. The van der Waals surface area contributed by atoms with Gasteiger partial charge in [-0.3, -0.25) is 5.32 Å². The lowest BCUT2D eigenvalue weighted by Gasteiger charge is -2.28. The summed E-state index contributed by atoms with van der Waals surface area (Å²) in [5.74, 6) is 0. The van der Waals surface area contributed by atoms with E-state index < -0.39 is 0 Å². The number of nitrogens with zero attached hydrogens (tertiary/aromatic N) is 2. The zero-order chi connectivity index (χ0) is 13.0. The van der Waals surface area contributed by atoms with Crippen molar-refractivity contribution in [2.75, 3.05) is 13.1 Å². The lowest BCUT2D eigenvalue weighted by molar-refractivity contribution is 0.254. The highest BCUT2D eigenvalue weighted by Crippen LogP contribution is 2.29. The van der Waals surface area contributed by atoms with E-state index in [1.54, 1.807) is 0 Å². The van der Waals surface area contributed by atoms with Gasteiger partial charge in [-0.25, -0.2) is 0 Å². The Labute approximate surface area is 112 Å². The molecule has 2 aliphatic rings. The Morgan fingerprint density at radius 2 is 2.00 bits per heavy atom. The molecule has 3 nitrogen and oxygen atoms in total. The fourth-order valence-electron chi connectivity index (χ4n) is 2.76. The molecular weight excluding hydrogens is 222 g/mol. The normalized spacial score (nSPS) is 22.8. The van der Waals surface area contributed by atoms with Gasteiger partial charge in [-0.05, 0) is 58.0 Å². The van der Waals surface area contributed by atoms with Crippen molar-refractivity contribution in [3.63, 3.8) is 0 Å². The van der Waals surface area contributed by atoms with Gasteiger partial charge in [0, 0.05) is 12.1 Å². The first-order chi connectivity index (χ1) is 8.73. The predicted octanol–water partition coefficient (Wildman–Crippen LogP) is 2.68. The van der Waals surface area contributed by atoms with Crippen LogP contribution in [0, 0.1) is 11.3 Å². The number of nitriles is 1. The van der Waals surface area contributed by atoms with Gasteiger partial charge in [0.2, 0.25) is 0 Å². The van der Waals surface area contributed by atoms with Crippen LogP contribution in [0.25, 0.3) is 0 Å². The van der Waals surface area contributed by atoms with Crippen LogP contribution in [0.5, 0.6) is 0 Å². The van der Waals surface area contributed by atoms with Crippen molar-refractivity contribution < 1.29 is 0 Å². The molecule has 0 radical (unpaired) electrons. The van der Waals surface area contributed by atoms with Crippen LogP contribution in [-0.2, 0) is 0 Å². The highest BCUT2D eigenvalue weighted by Gasteiger charge is 2.35. The zero-order valence-electron chi connectivity index (χ0n) is 11.9. The Morgan fingerprint density at radius 1 is 1.28 bits per heavy atom. The third kappa shape index (κ3) is 3.70. The fraction of sp³-hybridized carbons (Fsp3) is 0.933. The maximum atomic E-state index is 9.47. The number of hydrogen-bond donors (Lipinski definition) is 1. The summed E-state index contributed by atoms with van der Waals surface area (Å²) < 4.78 is 0. The van der Waals surface area contributed by atoms with Crippen LogP contribution < -0.4 is 5.32 Å².